The summed E-state index contributed by atoms with van der Waals surface area (Å²) in [6.07, 6.45) is 2.77. The molecule has 2 unspecified atom stereocenters. The maximum atomic E-state index is 12.2. The highest BCUT2D eigenvalue weighted by molar-refractivity contribution is 5.77. The Hall–Kier alpha value is -1.83. The lowest BCUT2D eigenvalue weighted by Crippen LogP contribution is -2.66. The van der Waals surface area contributed by atoms with E-state index in [1.807, 2.05) is 6.07 Å². The van der Waals surface area contributed by atoms with Gasteiger partial charge >= 0.3 is 0 Å². The highest BCUT2D eigenvalue weighted by Gasteiger charge is 2.31. The average Bonchev–Trinajstić information content (AvgIpc) is 3.14. The Morgan fingerprint density at radius 1 is 1.14 bits per heavy atom. The summed E-state index contributed by atoms with van der Waals surface area (Å²) in [6, 6.07) is 6.47. The van der Waals surface area contributed by atoms with E-state index in [0.717, 1.165) is 57.1 Å². The van der Waals surface area contributed by atoms with Gasteiger partial charge in [0, 0.05) is 45.2 Å². The minimum Gasteiger partial charge on any atom is -0.454 e. The van der Waals surface area contributed by atoms with E-state index in [4.69, 9.17) is 9.47 Å². The second kappa shape index (κ2) is 8.68. The number of hydrogen-bond acceptors (Lipinski definition) is 6. The van der Waals surface area contributed by atoms with Crippen LogP contribution < -0.4 is 20.1 Å². The van der Waals surface area contributed by atoms with Crippen LogP contribution in [0.1, 0.15) is 38.7 Å². The van der Waals surface area contributed by atoms with E-state index < -0.39 is 0 Å². The maximum absolute atomic E-state index is 12.2. The van der Waals surface area contributed by atoms with Gasteiger partial charge in [0.1, 0.15) is 6.29 Å². The Morgan fingerprint density at radius 2 is 1.93 bits per heavy atom. The summed E-state index contributed by atoms with van der Waals surface area (Å²) >= 11 is 0. The molecule has 0 aromatic heterocycles. The first-order valence-corrected chi connectivity index (χ1v) is 10.5. The van der Waals surface area contributed by atoms with E-state index in [-0.39, 0.29) is 18.2 Å². The number of fused-ring (bicyclic) bond motifs is 1. The van der Waals surface area contributed by atoms with Crippen molar-refractivity contribution in [3.63, 3.8) is 0 Å². The fourth-order valence-electron chi connectivity index (χ4n) is 4.15. The topological polar surface area (TPSA) is 66.1 Å². The van der Waals surface area contributed by atoms with Gasteiger partial charge in [-0.2, -0.15) is 0 Å². The normalized spacial score (nSPS) is 25.9. The molecule has 28 heavy (non-hydrogen) atoms. The van der Waals surface area contributed by atoms with Crippen molar-refractivity contribution < 1.29 is 14.3 Å². The number of carbonyl (C=O) groups is 1. The number of amides is 1. The molecule has 0 spiro atoms. The molecule has 3 heterocycles. The van der Waals surface area contributed by atoms with Crippen LogP contribution >= 0.6 is 0 Å². The van der Waals surface area contributed by atoms with E-state index in [2.05, 4.69) is 46.4 Å². The molecule has 0 bridgehead atoms. The number of rotatable bonds is 6. The summed E-state index contributed by atoms with van der Waals surface area (Å²) in [5.74, 6) is 2.52. The lowest BCUT2D eigenvalue weighted by Gasteiger charge is -2.43. The van der Waals surface area contributed by atoms with Gasteiger partial charge in [0.25, 0.3) is 0 Å². The van der Waals surface area contributed by atoms with Gasteiger partial charge in [-0.05, 0) is 36.5 Å². The largest absolute Gasteiger partial charge is 0.454 e. The van der Waals surface area contributed by atoms with Crippen LogP contribution in [-0.2, 0) is 11.3 Å². The second-order valence-electron chi connectivity index (χ2n) is 8.51. The molecule has 0 radical (unpaired) electrons. The summed E-state index contributed by atoms with van der Waals surface area (Å²) in [4.78, 5) is 17.0. The smallest absolute Gasteiger partial charge is 0.231 e. The average molecular weight is 389 g/mol. The summed E-state index contributed by atoms with van der Waals surface area (Å²) in [7, 11) is 0. The van der Waals surface area contributed by atoms with Gasteiger partial charge in [0.2, 0.25) is 12.7 Å². The summed E-state index contributed by atoms with van der Waals surface area (Å²) in [5, 5.41) is 6.77. The molecule has 1 amide bonds. The number of ether oxygens (including phenoxy) is 2. The molecule has 2 fully saturated rings. The van der Waals surface area contributed by atoms with Crippen LogP contribution in [0.15, 0.2) is 18.2 Å². The van der Waals surface area contributed by atoms with Crippen LogP contribution in [0.4, 0.5) is 0 Å². The predicted octanol–water partition coefficient (Wildman–Crippen LogP) is 1.73. The number of nitrogens with zero attached hydrogens (tertiary/aromatic N) is 2. The van der Waals surface area contributed by atoms with Crippen molar-refractivity contribution in [2.24, 2.45) is 5.92 Å². The quantitative estimate of drug-likeness (QED) is 0.774. The fourth-order valence-corrected chi connectivity index (χ4v) is 4.15. The van der Waals surface area contributed by atoms with Gasteiger partial charge in [-0.1, -0.05) is 19.9 Å². The molecule has 3 aliphatic rings. The Bertz CT molecular complexity index is 688. The van der Waals surface area contributed by atoms with Crippen LogP contribution in [0.2, 0.25) is 0 Å². The molecule has 2 N–H and O–H groups in total. The zero-order chi connectivity index (χ0) is 19.5. The molecule has 0 saturated carbocycles. The Morgan fingerprint density at radius 3 is 2.71 bits per heavy atom. The molecule has 1 aromatic rings. The van der Waals surface area contributed by atoms with Gasteiger partial charge < -0.3 is 14.8 Å². The van der Waals surface area contributed by atoms with E-state index in [1.54, 1.807) is 0 Å². The number of piperazine rings is 1. The van der Waals surface area contributed by atoms with Crippen LogP contribution in [0.5, 0.6) is 11.5 Å². The van der Waals surface area contributed by atoms with Gasteiger partial charge in [-0.15, -0.1) is 0 Å². The molecule has 7 heteroatoms. The highest BCUT2D eigenvalue weighted by Crippen LogP contribution is 2.32. The summed E-state index contributed by atoms with van der Waals surface area (Å²) in [5.41, 5.74) is 1.25. The Kier molecular flexibility index (Phi) is 6.04. The van der Waals surface area contributed by atoms with Crippen molar-refractivity contribution in [1.82, 2.24) is 20.4 Å². The van der Waals surface area contributed by atoms with E-state index in [1.165, 1.54) is 5.56 Å². The minimum absolute atomic E-state index is 0.0360. The Labute approximate surface area is 167 Å². The van der Waals surface area contributed by atoms with Crippen molar-refractivity contribution in [2.75, 3.05) is 33.0 Å². The number of nitrogens with one attached hydrogen (secondary N) is 2. The molecule has 4 rings (SSSR count). The molecule has 7 nitrogen and oxygen atoms in total. The van der Waals surface area contributed by atoms with Crippen molar-refractivity contribution in [3.05, 3.63) is 23.8 Å². The number of carbonyl (C=O) groups excluding carboxylic acids is 1. The fraction of sp³-hybridized carbons (Fsp3) is 0.667. The molecule has 154 valence electrons. The van der Waals surface area contributed by atoms with Crippen LogP contribution in [0.25, 0.3) is 0 Å². The molecule has 1 aromatic carbocycles. The zero-order valence-corrected chi connectivity index (χ0v) is 16.9. The van der Waals surface area contributed by atoms with Gasteiger partial charge in [-0.25, -0.2) is 0 Å². The van der Waals surface area contributed by atoms with E-state index >= 15 is 0 Å². The van der Waals surface area contributed by atoms with Crippen LogP contribution in [-0.4, -0.2) is 61.0 Å². The standard InChI is InChI=1S/C21H32N4O3/c1-15(2)3-5-17-12-20(26)23-21(22-17)25-9-7-24(8-10-25)13-16-4-6-18-19(11-16)28-14-27-18/h4,6,11,15,17,21-22H,3,5,7-10,12-14H2,1-2H3,(H,23,26). The lowest BCUT2D eigenvalue weighted by molar-refractivity contribution is -0.127. The van der Waals surface area contributed by atoms with Crippen molar-refractivity contribution in [1.29, 1.82) is 0 Å². The van der Waals surface area contributed by atoms with E-state index in [0.29, 0.717) is 19.1 Å². The molecular formula is C21H32N4O3. The van der Waals surface area contributed by atoms with E-state index in [9.17, 15) is 4.79 Å². The first-order chi connectivity index (χ1) is 13.6. The Balaban J connectivity index is 1.27. The third-order valence-corrected chi connectivity index (χ3v) is 5.83. The molecule has 0 aliphatic carbocycles. The third-order valence-electron chi connectivity index (χ3n) is 5.83. The molecule has 2 saturated heterocycles. The summed E-state index contributed by atoms with van der Waals surface area (Å²) in [6.45, 7) is 9.55. The first kappa shape index (κ1) is 19.5. The minimum atomic E-state index is -0.0360. The predicted molar refractivity (Wildman–Crippen MR) is 107 cm³/mol. The van der Waals surface area contributed by atoms with Gasteiger partial charge in [0.15, 0.2) is 11.5 Å². The lowest BCUT2D eigenvalue weighted by atomic mass is 10.00. The van der Waals surface area contributed by atoms with Gasteiger partial charge in [-0.3, -0.25) is 19.9 Å². The SMILES string of the molecule is CC(C)CCC1CC(=O)NC(N2CCN(Cc3ccc4c(c3)OCO4)CC2)N1. The first-order valence-electron chi connectivity index (χ1n) is 10.5. The molecule has 3 aliphatic heterocycles. The number of benzene rings is 1. The van der Waals surface area contributed by atoms with Crippen molar-refractivity contribution in [2.45, 2.75) is 52.0 Å². The maximum Gasteiger partial charge on any atom is 0.231 e. The monoisotopic (exact) mass is 388 g/mol. The zero-order valence-electron chi connectivity index (χ0n) is 16.9. The number of hydrogen-bond donors (Lipinski definition) is 2. The highest BCUT2D eigenvalue weighted by atomic mass is 16.7. The van der Waals surface area contributed by atoms with Gasteiger partial charge in [0.05, 0.1) is 0 Å². The molecule has 2 atom stereocenters. The third kappa shape index (κ3) is 4.77. The second-order valence-corrected chi connectivity index (χ2v) is 8.51. The van der Waals surface area contributed by atoms with Crippen LogP contribution in [0.3, 0.4) is 0 Å². The van der Waals surface area contributed by atoms with Crippen molar-refractivity contribution >= 4 is 5.91 Å². The van der Waals surface area contributed by atoms with Crippen LogP contribution in [0, 0.1) is 5.92 Å². The van der Waals surface area contributed by atoms with Crippen molar-refractivity contribution in [3.8, 4) is 11.5 Å². The molecular weight excluding hydrogens is 356 g/mol. The summed E-state index contributed by atoms with van der Waals surface area (Å²) < 4.78 is 10.9.